The lowest BCUT2D eigenvalue weighted by Crippen LogP contribution is -2.24. The van der Waals surface area contributed by atoms with Gasteiger partial charge in [0.05, 0.1) is 5.56 Å². The molecule has 0 aliphatic rings. The Morgan fingerprint density at radius 1 is 0.967 bits per heavy atom. The summed E-state index contributed by atoms with van der Waals surface area (Å²) < 4.78 is 5.95. The first kappa shape index (κ1) is 21.4. The van der Waals surface area contributed by atoms with Crippen LogP contribution in [0.3, 0.4) is 0 Å². The minimum absolute atomic E-state index is 0.238. The highest BCUT2D eigenvalue weighted by Gasteiger charge is 2.11. The van der Waals surface area contributed by atoms with Crippen LogP contribution in [0.2, 0.25) is 0 Å². The monoisotopic (exact) mass is 403 g/mol. The van der Waals surface area contributed by atoms with Gasteiger partial charge in [0.1, 0.15) is 17.3 Å². The molecule has 0 saturated heterocycles. The first-order valence-electron chi connectivity index (χ1n) is 10.4. The summed E-state index contributed by atoms with van der Waals surface area (Å²) in [6, 6.07) is 19.5. The van der Waals surface area contributed by atoms with Crippen LogP contribution in [0.15, 0.2) is 60.7 Å². The first-order valence-corrected chi connectivity index (χ1v) is 10.4. The number of aromatic nitrogens is 1. The van der Waals surface area contributed by atoms with E-state index in [4.69, 9.17) is 10.5 Å². The van der Waals surface area contributed by atoms with Crippen LogP contribution in [0.5, 0.6) is 11.5 Å². The van der Waals surface area contributed by atoms with Gasteiger partial charge in [-0.15, -0.1) is 0 Å². The van der Waals surface area contributed by atoms with E-state index in [1.54, 1.807) is 12.1 Å². The number of pyridine rings is 1. The van der Waals surface area contributed by atoms with Crippen LogP contribution < -0.4 is 15.8 Å². The fourth-order valence-corrected chi connectivity index (χ4v) is 3.43. The summed E-state index contributed by atoms with van der Waals surface area (Å²) in [7, 11) is 0. The maximum absolute atomic E-state index is 12.3. The Morgan fingerprint density at radius 2 is 1.57 bits per heavy atom. The van der Waals surface area contributed by atoms with Gasteiger partial charge in [-0.05, 0) is 73.2 Å². The van der Waals surface area contributed by atoms with Gasteiger partial charge >= 0.3 is 0 Å². The molecule has 0 saturated carbocycles. The number of nitrogens with zero attached hydrogens (tertiary/aromatic N) is 1. The van der Waals surface area contributed by atoms with Crippen molar-refractivity contribution in [3.05, 3.63) is 83.0 Å². The van der Waals surface area contributed by atoms with Crippen molar-refractivity contribution >= 4 is 11.7 Å². The van der Waals surface area contributed by atoms with Crippen molar-refractivity contribution in [1.29, 1.82) is 0 Å². The second-order valence-corrected chi connectivity index (χ2v) is 7.40. The molecule has 0 radical (unpaired) electrons. The molecule has 1 amide bonds. The molecule has 0 spiro atoms. The smallest absolute Gasteiger partial charge is 0.255 e. The second kappa shape index (κ2) is 9.92. The van der Waals surface area contributed by atoms with Gasteiger partial charge in [0, 0.05) is 12.2 Å². The van der Waals surface area contributed by atoms with Crippen LogP contribution >= 0.6 is 0 Å². The molecule has 1 aromatic heterocycles. The number of ether oxygens (including phenoxy) is 1. The summed E-state index contributed by atoms with van der Waals surface area (Å²) in [5, 5.41) is 2.87. The number of aryl methyl sites for hydroxylation is 1. The van der Waals surface area contributed by atoms with Crippen molar-refractivity contribution in [1.82, 2.24) is 10.3 Å². The molecule has 156 valence electrons. The van der Waals surface area contributed by atoms with Crippen molar-refractivity contribution in [3.8, 4) is 11.5 Å². The van der Waals surface area contributed by atoms with Gasteiger partial charge < -0.3 is 15.8 Å². The van der Waals surface area contributed by atoms with Crippen LogP contribution in [0.4, 0.5) is 5.82 Å². The zero-order chi connectivity index (χ0) is 21.5. The number of carbonyl (C=O) groups is 1. The van der Waals surface area contributed by atoms with Crippen molar-refractivity contribution in [3.63, 3.8) is 0 Å². The van der Waals surface area contributed by atoms with E-state index in [1.807, 2.05) is 43.3 Å². The normalized spacial score (nSPS) is 10.8. The molecule has 3 aromatic rings. The predicted octanol–water partition coefficient (Wildman–Crippen LogP) is 5.60. The highest BCUT2D eigenvalue weighted by Crippen LogP contribution is 2.27. The molecule has 5 nitrogen and oxygen atoms in total. The third-order valence-corrected chi connectivity index (χ3v) is 5.26. The van der Waals surface area contributed by atoms with E-state index in [9.17, 15) is 4.79 Å². The van der Waals surface area contributed by atoms with Crippen molar-refractivity contribution in [2.24, 2.45) is 0 Å². The van der Waals surface area contributed by atoms with E-state index in [0.29, 0.717) is 18.0 Å². The minimum Gasteiger partial charge on any atom is -0.457 e. The quantitative estimate of drug-likeness (QED) is 0.513. The molecule has 3 rings (SSSR count). The molecular weight excluding hydrogens is 374 g/mol. The Hall–Kier alpha value is -3.34. The molecule has 0 aliphatic heterocycles. The maximum atomic E-state index is 12.3. The number of nitrogens with one attached hydrogen (secondary N) is 1. The number of amides is 1. The lowest BCUT2D eigenvalue weighted by Gasteiger charge is -2.13. The summed E-state index contributed by atoms with van der Waals surface area (Å²) in [6.45, 7) is 6.67. The molecule has 5 heteroatoms. The van der Waals surface area contributed by atoms with Crippen LogP contribution in [0, 0.1) is 6.92 Å². The van der Waals surface area contributed by atoms with Crippen LogP contribution in [0.25, 0.3) is 0 Å². The Labute approximate surface area is 178 Å². The molecule has 1 heterocycles. The molecule has 0 fully saturated rings. The zero-order valence-corrected chi connectivity index (χ0v) is 17.8. The van der Waals surface area contributed by atoms with E-state index >= 15 is 0 Å². The van der Waals surface area contributed by atoms with E-state index < -0.39 is 0 Å². The van der Waals surface area contributed by atoms with Crippen LogP contribution in [0.1, 0.15) is 59.8 Å². The summed E-state index contributed by atoms with van der Waals surface area (Å²) in [4.78, 5) is 16.4. The highest BCUT2D eigenvalue weighted by molar-refractivity contribution is 5.98. The average molecular weight is 404 g/mol. The van der Waals surface area contributed by atoms with Gasteiger partial charge in [-0.25, -0.2) is 4.98 Å². The molecule has 2 aromatic carbocycles. The van der Waals surface area contributed by atoms with Crippen molar-refractivity contribution < 1.29 is 9.53 Å². The van der Waals surface area contributed by atoms with Gasteiger partial charge in [-0.1, -0.05) is 38.1 Å². The number of hydrogen-bond donors (Lipinski definition) is 2. The second-order valence-electron chi connectivity index (χ2n) is 7.40. The van der Waals surface area contributed by atoms with E-state index in [1.165, 1.54) is 5.56 Å². The molecule has 0 unspecified atom stereocenters. The largest absolute Gasteiger partial charge is 0.457 e. The topological polar surface area (TPSA) is 77.2 Å². The number of anilines is 1. The van der Waals surface area contributed by atoms with E-state index in [-0.39, 0.29) is 11.7 Å². The van der Waals surface area contributed by atoms with Gasteiger partial charge in [0.15, 0.2) is 0 Å². The standard InChI is InChI=1S/C25H29N3O2/c1-4-19(5-2)20-9-13-22(14-10-20)30-21-11-7-18(8-12-21)16-27-25(29)23-15-6-17(3)28-24(23)26/h6-15,19H,4-5,16H2,1-3H3,(H2,26,28)(H,27,29). The molecule has 0 aliphatic carbocycles. The van der Waals surface area contributed by atoms with Gasteiger partial charge in [-0.3, -0.25) is 4.79 Å². The Balaban J connectivity index is 1.56. The SMILES string of the molecule is CCC(CC)c1ccc(Oc2ccc(CNC(=O)c3ccc(C)nc3N)cc2)cc1. The number of nitrogens with two attached hydrogens (primary N) is 1. The summed E-state index contributed by atoms with van der Waals surface area (Å²) in [5.41, 5.74) is 9.33. The Kier molecular flexibility index (Phi) is 7.07. The summed E-state index contributed by atoms with van der Waals surface area (Å²) >= 11 is 0. The Morgan fingerprint density at radius 3 is 2.13 bits per heavy atom. The van der Waals surface area contributed by atoms with Crippen molar-refractivity contribution in [2.75, 3.05) is 5.73 Å². The minimum atomic E-state index is -0.238. The first-order chi connectivity index (χ1) is 14.5. The van der Waals surface area contributed by atoms with Gasteiger partial charge in [0.25, 0.3) is 5.91 Å². The maximum Gasteiger partial charge on any atom is 0.255 e. The summed E-state index contributed by atoms with van der Waals surface area (Å²) in [6.07, 6.45) is 2.28. The molecule has 3 N–H and O–H groups in total. The third kappa shape index (κ3) is 5.38. The fourth-order valence-electron chi connectivity index (χ4n) is 3.43. The van der Waals surface area contributed by atoms with E-state index in [0.717, 1.165) is 35.6 Å². The molecule has 30 heavy (non-hydrogen) atoms. The van der Waals surface area contributed by atoms with Crippen LogP contribution in [-0.2, 0) is 6.54 Å². The highest BCUT2D eigenvalue weighted by atomic mass is 16.5. The number of nitrogen functional groups attached to an aromatic ring is 1. The number of hydrogen-bond acceptors (Lipinski definition) is 4. The zero-order valence-electron chi connectivity index (χ0n) is 17.8. The molecular formula is C25H29N3O2. The van der Waals surface area contributed by atoms with Gasteiger partial charge in [0.2, 0.25) is 0 Å². The fraction of sp³-hybridized carbons (Fsp3) is 0.280. The summed E-state index contributed by atoms with van der Waals surface area (Å²) in [5.74, 6) is 2.17. The van der Waals surface area contributed by atoms with Crippen molar-refractivity contribution in [2.45, 2.75) is 46.1 Å². The third-order valence-electron chi connectivity index (χ3n) is 5.26. The number of carbonyl (C=O) groups excluding carboxylic acids is 1. The molecule has 0 bridgehead atoms. The predicted molar refractivity (Wildman–Crippen MR) is 121 cm³/mol. The lowest BCUT2D eigenvalue weighted by atomic mass is 9.94. The average Bonchev–Trinajstić information content (AvgIpc) is 2.75. The van der Waals surface area contributed by atoms with Crippen LogP contribution in [-0.4, -0.2) is 10.9 Å². The van der Waals surface area contributed by atoms with E-state index in [2.05, 4.69) is 36.3 Å². The number of rotatable bonds is 8. The number of benzene rings is 2. The Bertz CT molecular complexity index is 978. The van der Waals surface area contributed by atoms with Gasteiger partial charge in [-0.2, -0.15) is 0 Å². The molecule has 0 atom stereocenters. The lowest BCUT2D eigenvalue weighted by molar-refractivity contribution is 0.0951.